The van der Waals surface area contributed by atoms with Crippen molar-refractivity contribution in [2.24, 2.45) is 16.8 Å². The molecule has 0 spiro atoms. The van der Waals surface area contributed by atoms with E-state index in [0.29, 0.717) is 0 Å². The number of nitrogens with zero attached hydrogens (tertiary/aromatic N) is 1. The van der Waals surface area contributed by atoms with Crippen LogP contribution in [0.4, 0.5) is 4.79 Å². The average Bonchev–Trinajstić information content (AvgIpc) is 2.77. The second-order valence-corrected chi connectivity index (χ2v) is 4.85. The van der Waals surface area contributed by atoms with Crippen LogP contribution in [0.2, 0.25) is 0 Å². The molecule has 17 heavy (non-hydrogen) atoms. The van der Waals surface area contributed by atoms with Gasteiger partial charge < -0.3 is 21.6 Å². The van der Waals surface area contributed by atoms with Crippen molar-refractivity contribution in [2.75, 3.05) is 0 Å². The minimum absolute atomic E-state index is 0.0292. The largest absolute Gasteiger partial charge is 0.409 e. The Morgan fingerprint density at radius 2 is 2.00 bits per heavy atom. The van der Waals surface area contributed by atoms with Crippen molar-refractivity contribution in [3.8, 4) is 0 Å². The lowest BCUT2D eigenvalue weighted by atomic mass is 10.0. The van der Waals surface area contributed by atoms with Gasteiger partial charge in [0.15, 0.2) is 5.84 Å². The third-order valence-corrected chi connectivity index (χ3v) is 3.08. The minimum atomic E-state index is -0.443. The molecular formula is C11H22N4O2. The predicted octanol–water partition coefficient (Wildman–Crippen LogP) is 0.999. The summed E-state index contributed by atoms with van der Waals surface area (Å²) in [5.74, 6) is 0.0989. The molecule has 1 fully saturated rings. The Balaban J connectivity index is 2.46. The zero-order chi connectivity index (χ0) is 12.8. The van der Waals surface area contributed by atoms with E-state index in [2.05, 4.69) is 15.8 Å². The maximum absolute atomic E-state index is 11.7. The molecule has 2 amide bonds. The van der Waals surface area contributed by atoms with Gasteiger partial charge in [-0.1, -0.05) is 31.8 Å². The molecule has 6 heteroatoms. The second kappa shape index (κ2) is 6.32. The van der Waals surface area contributed by atoms with Gasteiger partial charge in [0.2, 0.25) is 0 Å². The summed E-state index contributed by atoms with van der Waals surface area (Å²) in [4.78, 5) is 11.7. The Morgan fingerprint density at radius 1 is 1.41 bits per heavy atom. The molecule has 0 radical (unpaired) electrons. The zero-order valence-electron chi connectivity index (χ0n) is 10.4. The average molecular weight is 242 g/mol. The highest BCUT2D eigenvalue weighted by molar-refractivity contribution is 5.89. The summed E-state index contributed by atoms with van der Waals surface area (Å²) in [6.45, 7) is 3.80. The van der Waals surface area contributed by atoms with Crippen molar-refractivity contribution in [1.82, 2.24) is 10.6 Å². The van der Waals surface area contributed by atoms with Gasteiger partial charge in [-0.3, -0.25) is 0 Å². The lowest BCUT2D eigenvalue weighted by Gasteiger charge is -2.22. The van der Waals surface area contributed by atoms with E-state index in [4.69, 9.17) is 10.9 Å². The summed E-state index contributed by atoms with van der Waals surface area (Å²) in [5, 5.41) is 17.2. The molecule has 1 unspecified atom stereocenters. The maximum Gasteiger partial charge on any atom is 0.315 e. The Bertz CT molecular complexity index is 285. The minimum Gasteiger partial charge on any atom is -0.409 e. The third-order valence-electron chi connectivity index (χ3n) is 3.08. The molecule has 0 aromatic rings. The number of nitrogens with one attached hydrogen (secondary N) is 2. The van der Waals surface area contributed by atoms with Crippen LogP contribution in [0.15, 0.2) is 5.16 Å². The third kappa shape index (κ3) is 4.13. The Labute approximate surface area is 102 Å². The molecule has 0 heterocycles. The van der Waals surface area contributed by atoms with Gasteiger partial charge in [-0.05, 0) is 18.8 Å². The van der Waals surface area contributed by atoms with Crippen molar-refractivity contribution in [3.05, 3.63) is 0 Å². The van der Waals surface area contributed by atoms with E-state index >= 15 is 0 Å². The van der Waals surface area contributed by atoms with E-state index in [1.165, 1.54) is 12.8 Å². The Morgan fingerprint density at radius 3 is 2.47 bits per heavy atom. The van der Waals surface area contributed by atoms with Crippen LogP contribution in [0.1, 0.15) is 39.5 Å². The van der Waals surface area contributed by atoms with Crippen LogP contribution in [0, 0.1) is 5.92 Å². The topological polar surface area (TPSA) is 99.7 Å². The fourth-order valence-electron chi connectivity index (χ4n) is 2.08. The lowest BCUT2D eigenvalue weighted by Crippen LogP contribution is -2.52. The van der Waals surface area contributed by atoms with Gasteiger partial charge in [0.05, 0.1) is 6.04 Å². The number of amidine groups is 1. The first-order chi connectivity index (χ1) is 8.04. The van der Waals surface area contributed by atoms with E-state index in [-0.39, 0.29) is 23.8 Å². The van der Waals surface area contributed by atoms with Crippen molar-refractivity contribution in [3.63, 3.8) is 0 Å². The molecule has 5 N–H and O–H groups in total. The number of carbonyl (C=O) groups excluding carboxylic acids is 1. The summed E-state index contributed by atoms with van der Waals surface area (Å²) >= 11 is 0. The number of urea groups is 1. The molecular weight excluding hydrogens is 220 g/mol. The lowest BCUT2D eigenvalue weighted by molar-refractivity contribution is 0.232. The molecule has 98 valence electrons. The smallest absolute Gasteiger partial charge is 0.315 e. The number of nitrogens with two attached hydrogens (primary N) is 1. The molecule has 1 atom stereocenters. The van der Waals surface area contributed by atoms with E-state index in [1.807, 2.05) is 13.8 Å². The van der Waals surface area contributed by atoms with Crippen LogP contribution in [0.5, 0.6) is 0 Å². The number of hydrogen-bond donors (Lipinski definition) is 4. The summed E-state index contributed by atoms with van der Waals surface area (Å²) in [7, 11) is 0. The first kappa shape index (κ1) is 13.6. The van der Waals surface area contributed by atoms with Crippen molar-refractivity contribution in [2.45, 2.75) is 51.6 Å². The normalized spacial score (nSPS) is 19.4. The van der Waals surface area contributed by atoms with E-state index < -0.39 is 6.04 Å². The van der Waals surface area contributed by atoms with Crippen LogP contribution in [0.3, 0.4) is 0 Å². The molecule has 0 aromatic heterocycles. The standard InChI is InChI=1S/C11H22N4O2/c1-7(2)9(10(12)15-17)14-11(16)13-8-5-3-4-6-8/h7-9,17H,3-6H2,1-2H3,(H2,12,15)(H2,13,14,16). The SMILES string of the molecule is CC(C)C(NC(=O)NC1CCCC1)C(N)=NO. The fraction of sp³-hybridized carbons (Fsp3) is 0.818. The molecule has 1 saturated carbocycles. The van der Waals surface area contributed by atoms with Crippen molar-refractivity contribution in [1.29, 1.82) is 0 Å². The first-order valence-electron chi connectivity index (χ1n) is 6.09. The Hall–Kier alpha value is -1.46. The highest BCUT2D eigenvalue weighted by Crippen LogP contribution is 2.17. The fourth-order valence-corrected chi connectivity index (χ4v) is 2.08. The highest BCUT2D eigenvalue weighted by atomic mass is 16.4. The van der Waals surface area contributed by atoms with Gasteiger partial charge in [0, 0.05) is 6.04 Å². The molecule has 0 aromatic carbocycles. The van der Waals surface area contributed by atoms with Gasteiger partial charge in [0.1, 0.15) is 0 Å². The molecule has 1 aliphatic carbocycles. The van der Waals surface area contributed by atoms with Crippen LogP contribution >= 0.6 is 0 Å². The summed E-state index contributed by atoms with van der Waals surface area (Å²) in [5.41, 5.74) is 5.53. The van der Waals surface area contributed by atoms with Gasteiger partial charge in [0.25, 0.3) is 0 Å². The van der Waals surface area contributed by atoms with Gasteiger partial charge in [-0.25, -0.2) is 4.79 Å². The summed E-state index contributed by atoms with van der Waals surface area (Å²) in [6.07, 6.45) is 4.39. The van der Waals surface area contributed by atoms with Crippen LogP contribution in [-0.4, -0.2) is 29.2 Å². The second-order valence-electron chi connectivity index (χ2n) is 4.85. The molecule has 0 saturated heterocycles. The Kier molecular flexibility index (Phi) is 5.06. The predicted molar refractivity (Wildman–Crippen MR) is 66.0 cm³/mol. The summed E-state index contributed by atoms with van der Waals surface area (Å²) < 4.78 is 0. The van der Waals surface area contributed by atoms with E-state index in [0.717, 1.165) is 12.8 Å². The van der Waals surface area contributed by atoms with E-state index in [9.17, 15) is 4.79 Å². The molecule has 0 aliphatic heterocycles. The summed E-state index contributed by atoms with van der Waals surface area (Å²) in [6, 6.07) is -0.432. The van der Waals surface area contributed by atoms with Gasteiger partial charge in [-0.2, -0.15) is 0 Å². The number of amides is 2. The molecule has 1 rings (SSSR count). The molecule has 0 bridgehead atoms. The number of carbonyl (C=O) groups is 1. The zero-order valence-corrected chi connectivity index (χ0v) is 10.4. The molecule has 6 nitrogen and oxygen atoms in total. The maximum atomic E-state index is 11.7. The van der Waals surface area contributed by atoms with Crippen molar-refractivity contribution < 1.29 is 10.0 Å². The number of rotatable bonds is 4. The quantitative estimate of drug-likeness (QED) is 0.256. The number of oxime groups is 1. The van der Waals surface area contributed by atoms with Crippen LogP contribution in [-0.2, 0) is 0 Å². The highest BCUT2D eigenvalue weighted by Gasteiger charge is 2.23. The number of hydrogen-bond acceptors (Lipinski definition) is 3. The van der Waals surface area contributed by atoms with Crippen molar-refractivity contribution >= 4 is 11.9 Å². The van der Waals surface area contributed by atoms with Gasteiger partial charge in [-0.15, -0.1) is 0 Å². The first-order valence-corrected chi connectivity index (χ1v) is 6.09. The van der Waals surface area contributed by atoms with Crippen LogP contribution in [0.25, 0.3) is 0 Å². The monoisotopic (exact) mass is 242 g/mol. The van der Waals surface area contributed by atoms with Gasteiger partial charge >= 0.3 is 6.03 Å². The molecule has 1 aliphatic rings. The van der Waals surface area contributed by atoms with Crippen LogP contribution < -0.4 is 16.4 Å². The van der Waals surface area contributed by atoms with E-state index in [1.54, 1.807) is 0 Å².